The van der Waals surface area contributed by atoms with Crippen molar-refractivity contribution in [3.8, 4) is 0 Å². The minimum atomic E-state index is -0.513. The fourth-order valence-electron chi connectivity index (χ4n) is 2.30. The first kappa shape index (κ1) is 16.0. The molecule has 0 aromatic carbocycles. The summed E-state index contributed by atoms with van der Waals surface area (Å²) in [7, 11) is 0. The number of ketones is 1. The van der Waals surface area contributed by atoms with Gasteiger partial charge in [0.15, 0.2) is 0 Å². The monoisotopic (exact) mass is 307 g/mol. The second-order valence-electron chi connectivity index (χ2n) is 5.41. The summed E-state index contributed by atoms with van der Waals surface area (Å²) in [5.41, 5.74) is 5.59. The van der Waals surface area contributed by atoms with Crippen molar-refractivity contribution in [3.63, 3.8) is 0 Å². The van der Waals surface area contributed by atoms with Gasteiger partial charge in [-0.2, -0.15) is 9.98 Å². The Balaban J connectivity index is 2.27. The maximum absolute atomic E-state index is 11.7. The number of hydrogen-bond acceptors (Lipinski definition) is 6. The molecule has 3 N–H and O–H groups in total. The van der Waals surface area contributed by atoms with Crippen LogP contribution in [0.3, 0.4) is 0 Å². The smallest absolute Gasteiger partial charge is 0.270 e. The predicted molar refractivity (Wildman–Crippen MR) is 80.4 cm³/mol. The van der Waals surface area contributed by atoms with Gasteiger partial charge in [-0.15, -0.1) is 4.73 Å². The third kappa shape index (κ3) is 4.06. The van der Waals surface area contributed by atoms with E-state index in [-0.39, 0.29) is 30.1 Å². The Morgan fingerprint density at radius 2 is 2.00 bits per heavy atom. The molecule has 120 valence electrons. The van der Waals surface area contributed by atoms with E-state index in [0.717, 1.165) is 25.9 Å². The Morgan fingerprint density at radius 3 is 2.64 bits per heavy atom. The van der Waals surface area contributed by atoms with Gasteiger partial charge in [-0.1, -0.05) is 0 Å². The van der Waals surface area contributed by atoms with E-state index in [1.54, 1.807) is 6.07 Å². The van der Waals surface area contributed by atoms with Gasteiger partial charge in [-0.25, -0.2) is 0 Å². The SMILES string of the molecule is CC(=O)CCC(=O)N=c1nc(N2CCCCC2)cc(N)n1O. The number of nitrogens with zero attached hydrogens (tertiary/aromatic N) is 4. The van der Waals surface area contributed by atoms with Crippen molar-refractivity contribution in [2.75, 3.05) is 23.7 Å². The molecule has 22 heavy (non-hydrogen) atoms. The first-order valence-corrected chi connectivity index (χ1v) is 7.38. The molecule has 1 saturated heterocycles. The predicted octanol–water partition coefficient (Wildman–Crippen LogP) is 0.489. The van der Waals surface area contributed by atoms with Gasteiger partial charge < -0.3 is 20.6 Å². The number of carbonyl (C=O) groups is 2. The van der Waals surface area contributed by atoms with Crippen LogP contribution in [0.15, 0.2) is 11.1 Å². The zero-order valence-electron chi connectivity index (χ0n) is 12.7. The number of carbonyl (C=O) groups excluding carboxylic acids is 2. The van der Waals surface area contributed by atoms with Gasteiger partial charge in [-0.05, 0) is 26.2 Å². The average Bonchev–Trinajstić information content (AvgIpc) is 2.50. The van der Waals surface area contributed by atoms with Crippen LogP contribution in [-0.4, -0.2) is 39.7 Å². The number of anilines is 2. The molecule has 8 nitrogen and oxygen atoms in total. The Labute approximate surface area is 128 Å². The summed E-state index contributed by atoms with van der Waals surface area (Å²) in [5, 5.41) is 9.84. The first-order valence-electron chi connectivity index (χ1n) is 7.38. The van der Waals surface area contributed by atoms with E-state index in [4.69, 9.17) is 5.73 Å². The zero-order valence-corrected chi connectivity index (χ0v) is 12.7. The third-order valence-electron chi connectivity index (χ3n) is 3.52. The third-order valence-corrected chi connectivity index (χ3v) is 3.52. The lowest BCUT2D eigenvalue weighted by atomic mass is 10.1. The Hall–Kier alpha value is -2.38. The molecule has 1 aliphatic rings. The molecule has 0 radical (unpaired) electrons. The van der Waals surface area contributed by atoms with Crippen molar-refractivity contribution in [2.24, 2.45) is 4.99 Å². The van der Waals surface area contributed by atoms with Gasteiger partial charge in [0, 0.05) is 32.0 Å². The minimum absolute atomic E-state index is 0.00907. The highest BCUT2D eigenvalue weighted by atomic mass is 16.5. The molecule has 0 atom stereocenters. The Morgan fingerprint density at radius 1 is 1.32 bits per heavy atom. The molecule has 2 heterocycles. The highest BCUT2D eigenvalue weighted by Crippen LogP contribution is 2.17. The molecule has 0 spiro atoms. The lowest BCUT2D eigenvalue weighted by Gasteiger charge is -2.27. The van der Waals surface area contributed by atoms with E-state index in [1.165, 1.54) is 13.3 Å². The van der Waals surface area contributed by atoms with E-state index in [9.17, 15) is 14.8 Å². The largest absolute Gasteiger partial charge is 0.423 e. The Kier molecular flexibility index (Phi) is 5.13. The number of amides is 1. The fraction of sp³-hybridized carbons (Fsp3) is 0.571. The maximum atomic E-state index is 11.7. The van der Waals surface area contributed by atoms with Crippen LogP contribution in [0.4, 0.5) is 11.6 Å². The van der Waals surface area contributed by atoms with Crippen molar-refractivity contribution in [1.29, 1.82) is 0 Å². The molecule has 1 aromatic rings. The number of Topliss-reactive ketones (excluding diaryl/α,β-unsaturated/α-hetero) is 1. The van der Waals surface area contributed by atoms with Crippen LogP contribution in [0.5, 0.6) is 0 Å². The van der Waals surface area contributed by atoms with E-state index in [2.05, 4.69) is 14.9 Å². The highest BCUT2D eigenvalue weighted by Gasteiger charge is 2.15. The van der Waals surface area contributed by atoms with Gasteiger partial charge in [0.25, 0.3) is 5.62 Å². The molecule has 8 heteroatoms. The van der Waals surface area contributed by atoms with Gasteiger partial charge in [0.05, 0.1) is 0 Å². The van der Waals surface area contributed by atoms with E-state index in [0.29, 0.717) is 10.5 Å². The second-order valence-corrected chi connectivity index (χ2v) is 5.41. The van der Waals surface area contributed by atoms with E-state index >= 15 is 0 Å². The molecule has 1 aliphatic heterocycles. The maximum Gasteiger partial charge on any atom is 0.270 e. The summed E-state index contributed by atoms with van der Waals surface area (Å²) in [4.78, 5) is 32.6. The van der Waals surface area contributed by atoms with E-state index in [1.807, 2.05) is 0 Å². The van der Waals surface area contributed by atoms with Crippen LogP contribution >= 0.6 is 0 Å². The van der Waals surface area contributed by atoms with E-state index < -0.39 is 5.91 Å². The quantitative estimate of drug-likeness (QED) is 0.782. The van der Waals surface area contributed by atoms with Crippen LogP contribution in [0.25, 0.3) is 0 Å². The molecular formula is C14H21N5O3. The number of nitrogens with two attached hydrogens (primary N) is 1. The lowest BCUT2D eigenvalue weighted by molar-refractivity contribution is -0.122. The summed E-state index contributed by atoms with van der Waals surface area (Å²) in [6.45, 7) is 3.13. The van der Waals surface area contributed by atoms with Gasteiger partial charge in [0.2, 0.25) is 5.91 Å². The molecule has 0 unspecified atom stereocenters. The van der Waals surface area contributed by atoms with Crippen molar-refractivity contribution in [2.45, 2.75) is 39.0 Å². The molecule has 0 bridgehead atoms. The van der Waals surface area contributed by atoms with Crippen molar-refractivity contribution < 1.29 is 14.8 Å². The summed E-state index contributed by atoms with van der Waals surface area (Å²) < 4.78 is 0.582. The number of hydrogen-bond donors (Lipinski definition) is 2. The fourth-order valence-corrected chi connectivity index (χ4v) is 2.30. The lowest BCUT2D eigenvalue weighted by Crippen LogP contribution is -2.34. The molecule has 1 aromatic heterocycles. The van der Waals surface area contributed by atoms with Crippen LogP contribution in [0.1, 0.15) is 39.0 Å². The van der Waals surface area contributed by atoms with Crippen LogP contribution in [0, 0.1) is 0 Å². The molecular weight excluding hydrogens is 286 g/mol. The second kappa shape index (κ2) is 7.06. The van der Waals surface area contributed by atoms with Crippen molar-refractivity contribution in [3.05, 3.63) is 11.7 Å². The average molecular weight is 307 g/mol. The number of aromatic nitrogens is 2. The molecule has 0 aliphatic carbocycles. The van der Waals surface area contributed by atoms with Crippen LogP contribution < -0.4 is 16.3 Å². The van der Waals surface area contributed by atoms with Crippen molar-refractivity contribution in [1.82, 2.24) is 9.71 Å². The molecule has 2 rings (SSSR count). The Bertz CT molecular complexity index is 632. The molecule has 1 fully saturated rings. The van der Waals surface area contributed by atoms with Crippen LogP contribution in [-0.2, 0) is 9.59 Å². The molecule has 1 amide bonds. The summed E-state index contributed by atoms with van der Waals surface area (Å²) in [5.74, 6) is 0.0602. The number of rotatable bonds is 4. The zero-order chi connectivity index (χ0) is 16.1. The molecule has 0 saturated carbocycles. The van der Waals surface area contributed by atoms with Crippen LogP contribution in [0.2, 0.25) is 0 Å². The van der Waals surface area contributed by atoms with Gasteiger partial charge in [-0.3, -0.25) is 4.79 Å². The number of piperidine rings is 1. The highest BCUT2D eigenvalue weighted by molar-refractivity contribution is 5.83. The topological polar surface area (TPSA) is 114 Å². The summed E-state index contributed by atoms with van der Waals surface area (Å²) in [6, 6.07) is 1.56. The van der Waals surface area contributed by atoms with Crippen molar-refractivity contribution >= 4 is 23.3 Å². The summed E-state index contributed by atoms with van der Waals surface area (Å²) >= 11 is 0. The standard InChI is InChI=1S/C14H21N5O3/c1-10(20)5-6-13(21)17-14-16-12(9-11(15)19(14)22)18-7-3-2-4-8-18/h9,22H,2-8,15H2,1H3. The van der Waals surface area contributed by atoms with Gasteiger partial charge >= 0.3 is 0 Å². The first-order chi connectivity index (χ1) is 10.5. The normalized spacial score (nSPS) is 15.9. The van der Waals surface area contributed by atoms with Gasteiger partial charge in [0.1, 0.15) is 17.4 Å². The number of nitrogen functional groups attached to an aromatic ring is 1. The summed E-state index contributed by atoms with van der Waals surface area (Å²) in [6.07, 6.45) is 3.43. The minimum Gasteiger partial charge on any atom is -0.423 e.